The smallest absolute Gasteiger partial charge is 0.329 e. The number of aryl methyl sites for hydroxylation is 2. The maximum absolute atomic E-state index is 12.0. The number of nitrogens with one attached hydrogen (secondary N) is 2. The van der Waals surface area contributed by atoms with E-state index < -0.39 is 11.2 Å². The molecule has 8 nitrogen and oxygen atoms in total. The number of nitrogens with zero attached hydrogens (tertiary/aromatic N) is 3. The van der Waals surface area contributed by atoms with Crippen LogP contribution in [0.15, 0.2) is 9.59 Å². The number of ether oxygens (including phenoxy) is 1. The molecule has 0 amide bonds. The van der Waals surface area contributed by atoms with Crippen molar-refractivity contribution in [1.29, 1.82) is 0 Å². The van der Waals surface area contributed by atoms with Crippen LogP contribution in [0.1, 0.15) is 32.6 Å². The third-order valence-corrected chi connectivity index (χ3v) is 4.88. The summed E-state index contributed by atoms with van der Waals surface area (Å²) in [6.07, 6.45) is 5.24. The van der Waals surface area contributed by atoms with E-state index in [-0.39, 0.29) is 0 Å². The van der Waals surface area contributed by atoms with Crippen molar-refractivity contribution in [3.63, 3.8) is 0 Å². The Morgan fingerprint density at radius 2 is 2.00 bits per heavy atom. The van der Waals surface area contributed by atoms with Gasteiger partial charge in [0, 0.05) is 20.6 Å². The van der Waals surface area contributed by atoms with Crippen molar-refractivity contribution in [2.24, 2.45) is 20.0 Å². The zero-order chi connectivity index (χ0) is 17.3. The van der Waals surface area contributed by atoms with Crippen molar-refractivity contribution >= 4 is 17.1 Å². The first-order valence-electron chi connectivity index (χ1n) is 8.50. The molecule has 1 aliphatic carbocycles. The first-order chi connectivity index (χ1) is 11.5. The highest BCUT2D eigenvalue weighted by Crippen LogP contribution is 2.26. The lowest BCUT2D eigenvalue weighted by atomic mass is 9.88. The predicted molar refractivity (Wildman–Crippen MR) is 92.4 cm³/mol. The van der Waals surface area contributed by atoms with Gasteiger partial charge in [-0.3, -0.25) is 14.3 Å². The second kappa shape index (κ2) is 6.80. The fourth-order valence-corrected chi connectivity index (χ4v) is 3.37. The largest absolute Gasteiger partial charge is 0.376 e. The molecule has 0 aliphatic heterocycles. The third-order valence-electron chi connectivity index (χ3n) is 4.88. The van der Waals surface area contributed by atoms with Gasteiger partial charge in [-0.15, -0.1) is 0 Å². The summed E-state index contributed by atoms with van der Waals surface area (Å²) < 4.78 is 8.97. The van der Waals surface area contributed by atoms with E-state index in [2.05, 4.69) is 22.2 Å². The molecule has 3 rings (SSSR count). The minimum atomic E-state index is -0.466. The Bertz CT molecular complexity index is 835. The Hall–Kier alpha value is -2.09. The van der Waals surface area contributed by atoms with E-state index in [1.165, 1.54) is 23.8 Å². The molecule has 2 aromatic rings. The van der Waals surface area contributed by atoms with Gasteiger partial charge in [0.25, 0.3) is 5.56 Å². The van der Waals surface area contributed by atoms with E-state index >= 15 is 0 Å². The van der Waals surface area contributed by atoms with E-state index in [1.54, 1.807) is 18.7 Å². The Kier molecular flexibility index (Phi) is 4.75. The average molecular weight is 335 g/mol. The van der Waals surface area contributed by atoms with Gasteiger partial charge >= 0.3 is 5.69 Å². The summed E-state index contributed by atoms with van der Waals surface area (Å²) in [7, 11) is 3.34. The van der Waals surface area contributed by atoms with Gasteiger partial charge in [0.2, 0.25) is 5.95 Å². The van der Waals surface area contributed by atoms with Gasteiger partial charge in [-0.1, -0.05) is 19.8 Å². The molecule has 24 heavy (non-hydrogen) atoms. The van der Waals surface area contributed by atoms with Crippen LogP contribution in [0.5, 0.6) is 0 Å². The van der Waals surface area contributed by atoms with Crippen LogP contribution in [0.25, 0.3) is 11.2 Å². The number of hydrogen-bond donors (Lipinski definition) is 2. The summed E-state index contributed by atoms with van der Waals surface area (Å²) in [5.41, 5.74) is -0.146. The molecule has 1 aliphatic rings. The quantitative estimate of drug-likeness (QED) is 0.794. The second-order valence-electron chi connectivity index (χ2n) is 6.58. The van der Waals surface area contributed by atoms with E-state index in [9.17, 15) is 9.59 Å². The van der Waals surface area contributed by atoms with E-state index in [0.717, 1.165) is 6.42 Å². The molecule has 2 aromatic heterocycles. The number of hydrogen-bond acceptors (Lipinski definition) is 5. The maximum atomic E-state index is 12.0. The first-order valence-corrected chi connectivity index (χ1v) is 8.50. The van der Waals surface area contributed by atoms with Gasteiger partial charge in [0.1, 0.15) is 0 Å². The number of aromatic amines is 1. The Labute approximate surface area is 139 Å². The first kappa shape index (κ1) is 16.8. The highest BCUT2D eigenvalue weighted by Gasteiger charge is 2.21. The molecule has 2 heterocycles. The van der Waals surface area contributed by atoms with Crippen molar-refractivity contribution in [1.82, 2.24) is 19.1 Å². The van der Waals surface area contributed by atoms with E-state index in [1.807, 2.05) is 0 Å². The molecule has 0 spiro atoms. The third kappa shape index (κ3) is 3.10. The molecule has 0 saturated heterocycles. The van der Waals surface area contributed by atoms with Crippen molar-refractivity contribution in [2.75, 3.05) is 18.5 Å². The molecule has 0 radical (unpaired) electrons. The number of imidazole rings is 1. The minimum Gasteiger partial charge on any atom is -0.376 e. The fraction of sp³-hybridized carbons (Fsp3) is 0.688. The molecule has 0 aromatic carbocycles. The summed E-state index contributed by atoms with van der Waals surface area (Å²) in [4.78, 5) is 30.3. The summed E-state index contributed by atoms with van der Waals surface area (Å²) in [6.45, 7) is 3.44. The number of fused-ring (bicyclic) bond motifs is 1. The van der Waals surface area contributed by atoms with Crippen LogP contribution in [0.3, 0.4) is 0 Å². The predicted octanol–water partition coefficient (Wildman–Crippen LogP) is 0.968. The molecule has 2 N–H and O–H groups in total. The van der Waals surface area contributed by atoms with Gasteiger partial charge in [-0.05, 0) is 18.8 Å². The van der Waals surface area contributed by atoms with Gasteiger partial charge in [-0.25, -0.2) is 4.79 Å². The van der Waals surface area contributed by atoms with Crippen molar-refractivity contribution in [3.05, 3.63) is 20.8 Å². The highest BCUT2D eigenvalue weighted by molar-refractivity contribution is 5.73. The van der Waals surface area contributed by atoms with Crippen LogP contribution in [0.4, 0.5) is 5.95 Å². The van der Waals surface area contributed by atoms with E-state index in [0.29, 0.717) is 42.3 Å². The molecular formula is C16H25N5O3. The normalized spacial score (nSPS) is 21.3. The van der Waals surface area contributed by atoms with Gasteiger partial charge in [0.05, 0.1) is 12.7 Å². The molecule has 0 unspecified atom stereocenters. The molecule has 1 fully saturated rings. The lowest BCUT2D eigenvalue weighted by Gasteiger charge is -2.28. The summed E-state index contributed by atoms with van der Waals surface area (Å²) in [6, 6.07) is 0. The minimum absolute atomic E-state index is 0.338. The van der Waals surface area contributed by atoms with E-state index in [4.69, 9.17) is 4.74 Å². The molecule has 0 bridgehead atoms. The van der Waals surface area contributed by atoms with Gasteiger partial charge in [-0.2, -0.15) is 4.98 Å². The van der Waals surface area contributed by atoms with Crippen LogP contribution >= 0.6 is 0 Å². The summed E-state index contributed by atoms with van der Waals surface area (Å²) >= 11 is 0. The topological polar surface area (TPSA) is 93.9 Å². The lowest BCUT2D eigenvalue weighted by Crippen LogP contribution is -2.29. The van der Waals surface area contributed by atoms with Crippen molar-refractivity contribution in [3.8, 4) is 0 Å². The van der Waals surface area contributed by atoms with Crippen LogP contribution < -0.4 is 16.6 Å². The lowest BCUT2D eigenvalue weighted by molar-refractivity contribution is 0.000342. The summed E-state index contributed by atoms with van der Waals surface area (Å²) in [5, 5.41) is 3.19. The molecule has 1 saturated carbocycles. The highest BCUT2D eigenvalue weighted by atomic mass is 16.5. The van der Waals surface area contributed by atoms with Crippen LogP contribution in [-0.2, 0) is 18.8 Å². The Morgan fingerprint density at radius 1 is 1.25 bits per heavy atom. The zero-order valence-corrected chi connectivity index (χ0v) is 14.5. The SMILES string of the molecule is C[C@@H]1CCCC[C@H]1OCCNc1nc2c(c(=O)[nH]c(=O)n2C)n1C. The Balaban J connectivity index is 1.67. The van der Waals surface area contributed by atoms with Crippen molar-refractivity contribution in [2.45, 2.75) is 38.7 Å². The number of H-pyrrole nitrogens is 1. The number of aromatic nitrogens is 4. The van der Waals surface area contributed by atoms with Crippen LogP contribution in [0, 0.1) is 5.92 Å². The maximum Gasteiger partial charge on any atom is 0.329 e. The van der Waals surface area contributed by atoms with Crippen LogP contribution in [0.2, 0.25) is 0 Å². The van der Waals surface area contributed by atoms with Crippen molar-refractivity contribution < 1.29 is 4.74 Å². The number of anilines is 1. The van der Waals surface area contributed by atoms with Gasteiger partial charge < -0.3 is 14.6 Å². The van der Waals surface area contributed by atoms with Crippen LogP contribution in [-0.4, -0.2) is 38.4 Å². The fourth-order valence-electron chi connectivity index (χ4n) is 3.37. The Morgan fingerprint density at radius 3 is 2.75 bits per heavy atom. The van der Waals surface area contributed by atoms with Gasteiger partial charge in [0.15, 0.2) is 11.2 Å². The monoisotopic (exact) mass is 335 g/mol. The zero-order valence-electron chi connectivity index (χ0n) is 14.5. The average Bonchev–Trinajstić information content (AvgIpc) is 2.88. The standard InChI is InChI=1S/C16H25N5O3/c1-10-6-4-5-7-11(10)24-9-8-17-15-18-13-12(20(15)2)14(22)19-16(23)21(13)3/h10-11H,4-9H2,1-3H3,(H,17,18)(H,19,22,23)/t10-,11-/m1/s1. The molecule has 132 valence electrons. The molecular weight excluding hydrogens is 310 g/mol. The number of rotatable bonds is 5. The second-order valence-corrected chi connectivity index (χ2v) is 6.58. The molecule has 8 heteroatoms. The molecule has 2 atom stereocenters. The summed E-state index contributed by atoms with van der Waals surface area (Å²) in [5.74, 6) is 1.17.